The number of aromatic nitrogens is 1. The lowest BCUT2D eigenvalue weighted by atomic mass is 9.98. The molecule has 1 aliphatic rings. The first-order valence-electron chi connectivity index (χ1n) is 10.2. The molecule has 0 amide bonds. The second-order valence-electron chi connectivity index (χ2n) is 7.30. The Morgan fingerprint density at radius 2 is 2.18 bits per heavy atom. The van der Waals surface area contributed by atoms with E-state index in [4.69, 9.17) is 4.99 Å². The van der Waals surface area contributed by atoms with Gasteiger partial charge in [0.1, 0.15) is 5.82 Å². The number of likely N-dealkylation sites (tertiary alicyclic amines) is 1. The molecule has 0 radical (unpaired) electrons. The first-order chi connectivity index (χ1) is 13.2. The number of aromatic amines is 1. The predicted molar refractivity (Wildman–Crippen MR) is 126 cm³/mol. The molecule has 0 spiro atoms. The van der Waals surface area contributed by atoms with E-state index in [1.165, 1.54) is 31.0 Å². The molecular formula is C21H33FIN5. The van der Waals surface area contributed by atoms with Gasteiger partial charge in [-0.1, -0.05) is 6.92 Å². The number of guanidine groups is 1. The number of nitrogens with zero attached hydrogens (tertiary/aromatic N) is 2. The Hall–Kier alpha value is -1.35. The van der Waals surface area contributed by atoms with Crippen molar-refractivity contribution in [1.29, 1.82) is 0 Å². The lowest BCUT2D eigenvalue weighted by Gasteiger charge is -2.31. The van der Waals surface area contributed by atoms with Gasteiger partial charge < -0.3 is 20.5 Å². The average molecular weight is 501 g/mol. The van der Waals surface area contributed by atoms with Crippen molar-refractivity contribution in [3.05, 3.63) is 35.8 Å². The van der Waals surface area contributed by atoms with E-state index in [1.54, 1.807) is 6.07 Å². The number of nitrogens with one attached hydrogen (secondary N) is 3. The number of fused-ring (bicyclic) bond motifs is 1. The summed E-state index contributed by atoms with van der Waals surface area (Å²) in [4.78, 5) is 10.5. The zero-order chi connectivity index (χ0) is 19.1. The fourth-order valence-electron chi connectivity index (χ4n) is 3.83. The molecule has 3 N–H and O–H groups in total. The van der Waals surface area contributed by atoms with Crippen molar-refractivity contribution in [2.75, 3.05) is 39.3 Å². The number of benzene rings is 1. The minimum Gasteiger partial charge on any atom is -0.361 e. The average Bonchev–Trinajstić information content (AvgIpc) is 3.08. The third-order valence-electron chi connectivity index (χ3n) is 5.32. The van der Waals surface area contributed by atoms with Crippen LogP contribution in [0.15, 0.2) is 29.4 Å². The summed E-state index contributed by atoms with van der Waals surface area (Å²) in [6.45, 7) is 10.4. The van der Waals surface area contributed by atoms with Crippen LogP contribution in [0.4, 0.5) is 4.39 Å². The molecule has 1 aromatic carbocycles. The van der Waals surface area contributed by atoms with Crippen molar-refractivity contribution < 1.29 is 4.39 Å². The summed E-state index contributed by atoms with van der Waals surface area (Å²) in [6, 6.07) is 4.91. The molecule has 3 rings (SSSR count). The van der Waals surface area contributed by atoms with Crippen LogP contribution in [0.2, 0.25) is 0 Å². The minimum atomic E-state index is -0.208. The van der Waals surface area contributed by atoms with Crippen LogP contribution in [0, 0.1) is 11.7 Å². The van der Waals surface area contributed by atoms with E-state index in [1.807, 2.05) is 12.3 Å². The number of aliphatic imine (C=N–C) groups is 1. The van der Waals surface area contributed by atoms with Crippen LogP contribution < -0.4 is 10.6 Å². The van der Waals surface area contributed by atoms with E-state index < -0.39 is 0 Å². The normalized spacial score (nSPS) is 18.1. The van der Waals surface area contributed by atoms with Gasteiger partial charge in [0.05, 0.1) is 0 Å². The standard InChI is InChI=1S/C21H32FN5.HI/c1-3-23-21(26-13-16-6-5-11-27(4-2)15-16)24-10-9-17-14-25-20-12-18(22)7-8-19(17)20;/h7-8,12,14,16,25H,3-6,9-11,13,15H2,1-2H3,(H2,23,24,26);1H. The molecule has 2 heterocycles. The van der Waals surface area contributed by atoms with Crippen LogP contribution in [0.3, 0.4) is 0 Å². The molecule has 7 heteroatoms. The Morgan fingerprint density at radius 3 is 2.96 bits per heavy atom. The quantitative estimate of drug-likeness (QED) is 0.308. The first kappa shape index (κ1) is 22.9. The Labute approximate surface area is 184 Å². The smallest absolute Gasteiger partial charge is 0.191 e. The Kier molecular flexibility index (Phi) is 9.50. The molecule has 2 aromatic rings. The summed E-state index contributed by atoms with van der Waals surface area (Å²) in [6.07, 6.45) is 5.38. The second-order valence-corrected chi connectivity index (χ2v) is 7.30. The summed E-state index contributed by atoms with van der Waals surface area (Å²) >= 11 is 0. The molecule has 1 aromatic heterocycles. The maximum absolute atomic E-state index is 13.3. The fourth-order valence-corrected chi connectivity index (χ4v) is 3.83. The van der Waals surface area contributed by atoms with E-state index in [0.717, 1.165) is 56.0 Å². The van der Waals surface area contributed by atoms with Gasteiger partial charge >= 0.3 is 0 Å². The van der Waals surface area contributed by atoms with Crippen molar-refractivity contribution in [1.82, 2.24) is 20.5 Å². The molecule has 0 saturated carbocycles. The molecule has 28 heavy (non-hydrogen) atoms. The fraction of sp³-hybridized carbons (Fsp3) is 0.571. The van der Waals surface area contributed by atoms with Crippen LogP contribution >= 0.6 is 24.0 Å². The molecular weight excluding hydrogens is 468 g/mol. The van der Waals surface area contributed by atoms with E-state index in [9.17, 15) is 4.39 Å². The lowest BCUT2D eigenvalue weighted by molar-refractivity contribution is 0.186. The Balaban J connectivity index is 0.00000280. The topological polar surface area (TPSA) is 55.5 Å². The highest BCUT2D eigenvalue weighted by atomic mass is 127. The van der Waals surface area contributed by atoms with Gasteiger partial charge in [-0.25, -0.2) is 4.39 Å². The first-order valence-corrected chi connectivity index (χ1v) is 10.2. The molecule has 0 bridgehead atoms. The van der Waals surface area contributed by atoms with Gasteiger partial charge in [-0.15, -0.1) is 24.0 Å². The van der Waals surface area contributed by atoms with Gasteiger partial charge in [0, 0.05) is 43.3 Å². The van der Waals surface area contributed by atoms with Crippen molar-refractivity contribution in [3.63, 3.8) is 0 Å². The molecule has 1 saturated heterocycles. The van der Waals surface area contributed by atoms with E-state index in [2.05, 4.69) is 34.4 Å². The van der Waals surface area contributed by atoms with Gasteiger partial charge in [-0.2, -0.15) is 0 Å². The molecule has 0 aliphatic carbocycles. The number of hydrogen-bond acceptors (Lipinski definition) is 2. The third kappa shape index (κ3) is 6.34. The van der Waals surface area contributed by atoms with Crippen LogP contribution in [-0.4, -0.2) is 55.1 Å². The van der Waals surface area contributed by atoms with E-state index in [0.29, 0.717) is 5.92 Å². The molecule has 156 valence electrons. The maximum Gasteiger partial charge on any atom is 0.191 e. The Bertz CT molecular complexity index is 760. The maximum atomic E-state index is 13.3. The summed E-state index contributed by atoms with van der Waals surface area (Å²) in [5.74, 6) is 1.33. The number of H-pyrrole nitrogens is 1. The Morgan fingerprint density at radius 1 is 1.32 bits per heavy atom. The van der Waals surface area contributed by atoms with Gasteiger partial charge in [-0.05, 0) is 69.0 Å². The van der Waals surface area contributed by atoms with Crippen molar-refractivity contribution in [2.45, 2.75) is 33.1 Å². The monoisotopic (exact) mass is 501 g/mol. The van der Waals surface area contributed by atoms with Crippen molar-refractivity contribution >= 4 is 40.8 Å². The van der Waals surface area contributed by atoms with Crippen LogP contribution in [0.5, 0.6) is 0 Å². The van der Waals surface area contributed by atoms with E-state index in [-0.39, 0.29) is 29.8 Å². The van der Waals surface area contributed by atoms with Gasteiger partial charge in [0.15, 0.2) is 5.96 Å². The largest absolute Gasteiger partial charge is 0.361 e. The SMILES string of the molecule is CCNC(=NCC1CCCN(CC)C1)NCCc1c[nH]c2cc(F)ccc12.I. The van der Waals surface area contributed by atoms with Gasteiger partial charge in [0.25, 0.3) is 0 Å². The van der Waals surface area contributed by atoms with Gasteiger partial charge in [-0.3, -0.25) is 4.99 Å². The van der Waals surface area contributed by atoms with Gasteiger partial charge in [0.2, 0.25) is 0 Å². The number of halogens is 2. The number of hydrogen-bond donors (Lipinski definition) is 3. The molecule has 5 nitrogen and oxygen atoms in total. The zero-order valence-corrected chi connectivity index (χ0v) is 19.3. The zero-order valence-electron chi connectivity index (χ0n) is 16.9. The number of piperidine rings is 1. The second kappa shape index (κ2) is 11.6. The summed E-state index contributed by atoms with van der Waals surface area (Å²) in [7, 11) is 0. The molecule has 1 atom stereocenters. The van der Waals surface area contributed by atoms with E-state index >= 15 is 0 Å². The highest BCUT2D eigenvalue weighted by Gasteiger charge is 2.18. The molecule has 1 unspecified atom stereocenters. The van der Waals surface area contributed by atoms with Crippen molar-refractivity contribution in [2.24, 2.45) is 10.9 Å². The highest BCUT2D eigenvalue weighted by Crippen LogP contribution is 2.19. The summed E-state index contributed by atoms with van der Waals surface area (Å²) < 4.78 is 13.3. The van der Waals surface area contributed by atoms with Crippen LogP contribution in [0.25, 0.3) is 10.9 Å². The minimum absolute atomic E-state index is 0. The van der Waals surface area contributed by atoms with Crippen LogP contribution in [0.1, 0.15) is 32.3 Å². The summed E-state index contributed by atoms with van der Waals surface area (Å²) in [5.41, 5.74) is 2.04. The molecule has 1 fully saturated rings. The van der Waals surface area contributed by atoms with Crippen molar-refractivity contribution in [3.8, 4) is 0 Å². The predicted octanol–water partition coefficient (Wildman–Crippen LogP) is 3.75. The molecule has 1 aliphatic heterocycles. The summed E-state index contributed by atoms with van der Waals surface area (Å²) in [5, 5.41) is 7.86. The third-order valence-corrected chi connectivity index (χ3v) is 5.32. The highest BCUT2D eigenvalue weighted by molar-refractivity contribution is 14.0. The van der Waals surface area contributed by atoms with Crippen LogP contribution in [-0.2, 0) is 6.42 Å². The number of rotatable bonds is 7. The lowest BCUT2D eigenvalue weighted by Crippen LogP contribution is -2.40.